The fourth-order valence-electron chi connectivity index (χ4n) is 3.02. The minimum absolute atomic E-state index is 0.329. The SMILES string of the molecule is CNC1C(Sc2cc(Cl)ccc2Cl)CCCC1(C)C. The predicted molar refractivity (Wildman–Crippen MR) is 86.6 cm³/mol. The lowest BCUT2D eigenvalue weighted by atomic mass is 9.73. The molecular formula is C15H21Cl2NS. The number of hydrogen-bond donors (Lipinski definition) is 1. The summed E-state index contributed by atoms with van der Waals surface area (Å²) < 4.78 is 0. The highest BCUT2D eigenvalue weighted by molar-refractivity contribution is 8.00. The number of thioether (sulfide) groups is 1. The average Bonchev–Trinajstić information content (AvgIpc) is 2.33. The average molecular weight is 318 g/mol. The maximum Gasteiger partial charge on any atom is 0.0543 e. The van der Waals surface area contributed by atoms with Crippen molar-refractivity contribution in [1.29, 1.82) is 0 Å². The van der Waals surface area contributed by atoms with Crippen LogP contribution in [0.3, 0.4) is 0 Å². The third kappa shape index (κ3) is 3.60. The normalized spacial score (nSPS) is 26.4. The maximum absolute atomic E-state index is 6.28. The number of halogens is 2. The van der Waals surface area contributed by atoms with Gasteiger partial charge in [-0.2, -0.15) is 0 Å². The molecule has 0 saturated heterocycles. The van der Waals surface area contributed by atoms with Crippen molar-refractivity contribution < 1.29 is 0 Å². The molecule has 1 N–H and O–H groups in total. The van der Waals surface area contributed by atoms with Crippen LogP contribution in [0.1, 0.15) is 33.1 Å². The van der Waals surface area contributed by atoms with Crippen LogP contribution >= 0.6 is 35.0 Å². The van der Waals surface area contributed by atoms with Crippen LogP contribution in [0.2, 0.25) is 10.0 Å². The number of benzene rings is 1. The first-order chi connectivity index (χ1) is 8.94. The Balaban J connectivity index is 2.19. The topological polar surface area (TPSA) is 12.0 Å². The van der Waals surface area contributed by atoms with Gasteiger partial charge in [-0.1, -0.05) is 43.5 Å². The third-order valence-electron chi connectivity index (χ3n) is 4.01. The summed E-state index contributed by atoms with van der Waals surface area (Å²) in [6, 6.07) is 6.20. The minimum Gasteiger partial charge on any atom is -0.315 e. The van der Waals surface area contributed by atoms with Crippen LogP contribution in [0.25, 0.3) is 0 Å². The molecule has 1 aliphatic carbocycles. The molecule has 0 heterocycles. The summed E-state index contributed by atoms with van der Waals surface area (Å²) in [5, 5.41) is 5.60. The fourth-order valence-corrected chi connectivity index (χ4v) is 5.13. The first kappa shape index (κ1) is 15.5. The Hall–Kier alpha value is 0.110. The molecule has 106 valence electrons. The lowest BCUT2D eigenvalue weighted by Gasteiger charge is -2.43. The lowest BCUT2D eigenvalue weighted by molar-refractivity contribution is 0.182. The van der Waals surface area contributed by atoms with Gasteiger partial charge in [-0.3, -0.25) is 0 Å². The Labute approximate surface area is 130 Å². The zero-order valence-corrected chi connectivity index (χ0v) is 14.0. The van der Waals surface area contributed by atoms with Gasteiger partial charge in [-0.25, -0.2) is 0 Å². The second kappa shape index (κ2) is 6.26. The second-order valence-corrected chi connectivity index (χ2v) is 8.00. The Kier molecular flexibility index (Phi) is 5.10. The molecule has 1 aromatic carbocycles. The molecule has 1 aromatic rings. The Bertz CT molecular complexity index is 448. The van der Waals surface area contributed by atoms with Gasteiger partial charge < -0.3 is 5.32 Å². The van der Waals surface area contributed by atoms with Gasteiger partial charge in [0.05, 0.1) is 5.02 Å². The zero-order chi connectivity index (χ0) is 14.0. The van der Waals surface area contributed by atoms with E-state index in [1.165, 1.54) is 19.3 Å². The molecule has 0 aromatic heterocycles. The molecule has 2 rings (SSSR count). The van der Waals surface area contributed by atoms with Gasteiger partial charge in [0.1, 0.15) is 0 Å². The predicted octanol–water partition coefficient (Wildman–Crippen LogP) is 5.25. The van der Waals surface area contributed by atoms with Crippen molar-refractivity contribution in [3.63, 3.8) is 0 Å². The van der Waals surface area contributed by atoms with E-state index in [2.05, 4.69) is 26.2 Å². The van der Waals surface area contributed by atoms with Crippen LogP contribution in [0.5, 0.6) is 0 Å². The van der Waals surface area contributed by atoms with Crippen LogP contribution in [0.15, 0.2) is 23.1 Å². The van der Waals surface area contributed by atoms with Crippen molar-refractivity contribution in [1.82, 2.24) is 5.32 Å². The highest BCUT2D eigenvalue weighted by atomic mass is 35.5. The lowest BCUT2D eigenvalue weighted by Crippen LogP contribution is -2.49. The molecule has 0 aliphatic heterocycles. The molecule has 4 heteroatoms. The van der Waals surface area contributed by atoms with Gasteiger partial charge in [-0.05, 0) is 43.5 Å². The van der Waals surface area contributed by atoms with Gasteiger partial charge >= 0.3 is 0 Å². The molecular weight excluding hydrogens is 297 g/mol. The van der Waals surface area contributed by atoms with Gasteiger partial charge in [-0.15, -0.1) is 11.8 Å². The van der Waals surface area contributed by atoms with Crippen LogP contribution in [0, 0.1) is 5.41 Å². The van der Waals surface area contributed by atoms with Crippen molar-refractivity contribution in [2.24, 2.45) is 5.41 Å². The summed E-state index contributed by atoms with van der Waals surface area (Å²) >= 11 is 14.2. The molecule has 1 fully saturated rings. The second-order valence-electron chi connectivity index (χ2n) is 5.88. The molecule has 2 unspecified atom stereocenters. The first-order valence-corrected chi connectivity index (χ1v) is 8.36. The highest BCUT2D eigenvalue weighted by Crippen LogP contribution is 2.44. The van der Waals surface area contributed by atoms with E-state index < -0.39 is 0 Å². The van der Waals surface area contributed by atoms with Crippen LogP contribution < -0.4 is 5.32 Å². The molecule has 1 aliphatic rings. The summed E-state index contributed by atoms with van der Waals surface area (Å²) in [7, 11) is 2.06. The van der Waals surface area contributed by atoms with E-state index in [0.29, 0.717) is 16.7 Å². The largest absolute Gasteiger partial charge is 0.315 e. The van der Waals surface area contributed by atoms with E-state index in [1.54, 1.807) is 0 Å². The molecule has 1 nitrogen and oxygen atoms in total. The van der Waals surface area contributed by atoms with E-state index in [0.717, 1.165) is 14.9 Å². The number of hydrogen-bond acceptors (Lipinski definition) is 2. The summed E-state index contributed by atoms with van der Waals surface area (Å²) in [5.74, 6) is 0. The molecule has 19 heavy (non-hydrogen) atoms. The van der Waals surface area contributed by atoms with Crippen molar-refractivity contribution in [3.8, 4) is 0 Å². The van der Waals surface area contributed by atoms with Crippen molar-refractivity contribution in [3.05, 3.63) is 28.2 Å². The van der Waals surface area contributed by atoms with Crippen LogP contribution in [-0.2, 0) is 0 Å². The smallest absolute Gasteiger partial charge is 0.0543 e. The Morgan fingerprint density at radius 1 is 1.32 bits per heavy atom. The van der Waals surface area contributed by atoms with Gasteiger partial charge in [0.25, 0.3) is 0 Å². The number of nitrogens with one attached hydrogen (secondary N) is 1. The first-order valence-electron chi connectivity index (χ1n) is 6.73. The standard InChI is InChI=1S/C15H21Cl2NS/c1-15(2)8-4-5-12(14(15)18-3)19-13-9-10(16)6-7-11(13)17/h6-7,9,12,14,18H,4-5,8H2,1-3H3. The van der Waals surface area contributed by atoms with Gasteiger partial charge in [0.15, 0.2) is 0 Å². The fraction of sp³-hybridized carbons (Fsp3) is 0.600. The zero-order valence-electron chi connectivity index (χ0n) is 11.7. The van der Waals surface area contributed by atoms with Crippen molar-refractivity contribution in [2.75, 3.05) is 7.05 Å². The summed E-state index contributed by atoms with van der Waals surface area (Å²) in [6.45, 7) is 4.70. The molecule has 1 saturated carbocycles. The van der Waals surface area contributed by atoms with E-state index in [9.17, 15) is 0 Å². The van der Waals surface area contributed by atoms with E-state index in [4.69, 9.17) is 23.2 Å². The summed E-state index contributed by atoms with van der Waals surface area (Å²) in [6.07, 6.45) is 3.78. The van der Waals surface area contributed by atoms with E-state index in [-0.39, 0.29) is 0 Å². The monoisotopic (exact) mass is 317 g/mol. The van der Waals surface area contributed by atoms with E-state index >= 15 is 0 Å². The van der Waals surface area contributed by atoms with Gasteiger partial charge in [0, 0.05) is 21.2 Å². The molecule has 0 radical (unpaired) electrons. The maximum atomic E-state index is 6.28. The Morgan fingerprint density at radius 3 is 2.74 bits per heavy atom. The molecule has 0 amide bonds. The summed E-state index contributed by atoms with van der Waals surface area (Å²) in [5.41, 5.74) is 0.329. The molecule has 0 spiro atoms. The Morgan fingerprint density at radius 2 is 2.05 bits per heavy atom. The van der Waals surface area contributed by atoms with Crippen LogP contribution in [-0.4, -0.2) is 18.3 Å². The molecule has 0 bridgehead atoms. The van der Waals surface area contributed by atoms with Gasteiger partial charge in [0.2, 0.25) is 0 Å². The quantitative estimate of drug-likeness (QED) is 0.816. The third-order valence-corrected chi connectivity index (χ3v) is 6.09. The van der Waals surface area contributed by atoms with Crippen molar-refractivity contribution >= 4 is 35.0 Å². The molecule has 2 atom stereocenters. The minimum atomic E-state index is 0.329. The highest BCUT2D eigenvalue weighted by Gasteiger charge is 2.38. The van der Waals surface area contributed by atoms with E-state index in [1.807, 2.05) is 30.0 Å². The van der Waals surface area contributed by atoms with Crippen molar-refractivity contribution in [2.45, 2.75) is 49.3 Å². The summed E-state index contributed by atoms with van der Waals surface area (Å²) in [4.78, 5) is 1.09. The van der Waals surface area contributed by atoms with Crippen LogP contribution in [0.4, 0.5) is 0 Å². The number of rotatable bonds is 3.